The highest BCUT2D eigenvalue weighted by atomic mass is 79.9. The number of halogens is 1. The Bertz CT molecular complexity index is 967. The number of carbonyl (C=O) groups excluding carboxylic acids is 1. The summed E-state index contributed by atoms with van der Waals surface area (Å²) < 4.78 is 3.19. The van der Waals surface area contributed by atoms with E-state index in [4.69, 9.17) is 0 Å². The molecule has 0 aliphatic heterocycles. The van der Waals surface area contributed by atoms with E-state index in [1.807, 2.05) is 55.5 Å². The molecule has 2 aromatic carbocycles. The van der Waals surface area contributed by atoms with Crippen LogP contribution < -0.4 is 5.43 Å². The minimum absolute atomic E-state index is 0.125. The first kappa shape index (κ1) is 19.5. The van der Waals surface area contributed by atoms with Gasteiger partial charge in [-0.25, -0.2) is 5.43 Å². The Hall–Kier alpha value is -2.31. The van der Waals surface area contributed by atoms with Gasteiger partial charge in [-0.3, -0.25) is 4.79 Å². The fourth-order valence-corrected chi connectivity index (χ4v) is 3.97. The number of carbonyl (C=O) groups is 1. The maximum Gasteiger partial charge on any atom is 0.250 e. The second-order valence-electron chi connectivity index (χ2n) is 6.01. The second-order valence-corrected chi connectivity index (χ2v) is 7.91. The molecule has 3 aromatic rings. The van der Waals surface area contributed by atoms with Gasteiger partial charge in [0.05, 0.1) is 17.7 Å². The number of nitrogens with zero attached hydrogens (tertiary/aromatic N) is 2. The Morgan fingerprint density at radius 2 is 1.85 bits per heavy atom. The summed E-state index contributed by atoms with van der Waals surface area (Å²) in [6.07, 6.45) is 1.70. The quantitative estimate of drug-likeness (QED) is 0.328. The number of benzene rings is 2. The molecular formula is C21H20BrN3OS. The van der Waals surface area contributed by atoms with Gasteiger partial charge >= 0.3 is 0 Å². The van der Waals surface area contributed by atoms with E-state index in [1.165, 1.54) is 11.8 Å². The highest BCUT2D eigenvalue weighted by molar-refractivity contribution is 9.10. The van der Waals surface area contributed by atoms with Gasteiger partial charge in [0.25, 0.3) is 0 Å². The van der Waals surface area contributed by atoms with E-state index in [2.05, 4.69) is 50.1 Å². The number of para-hydroxylation sites is 1. The van der Waals surface area contributed by atoms with E-state index in [9.17, 15) is 4.79 Å². The third kappa shape index (κ3) is 4.90. The molecule has 0 spiro atoms. The molecule has 138 valence electrons. The van der Waals surface area contributed by atoms with Crippen molar-refractivity contribution in [3.05, 3.63) is 82.1 Å². The summed E-state index contributed by atoms with van der Waals surface area (Å²) in [5.74, 6) is 0.205. The standard InChI is InChI=1S/C21H20BrN3OS/c1-15-12-17(16(2)25(15)20-11-7-6-10-19(20)22)13-23-24-21(26)14-27-18-8-4-3-5-9-18/h3-13H,14H2,1-2H3,(H,24,26). The lowest BCUT2D eigenvalue weighted by atomic mass is 10.2. The Morgan fingerprint density at radius 1 is 1.15 bits per heavy atom. The van der Waals surface area contributed by atoms with Gasteiger partial charge in [-0.1, -0.05) is 30.3 Å². The molecule has 3 rings (SSSR count). The number of aryl methyl sites for hydroxylation is 1. The van der Waals surface area contributed by atoms with E-state index in [-0.39, 0.29) is 5.91 Å². The summed E-state index contributed by atoms with van der Waals surface area (Å²) in [5.41, 5.74) is 6.82. The van der Waals surface area contributed by atoms with Crippen LogP contribution >= 0.6 is 27.7 Å². The van der Waals surface area contributed by atoms with E-state index in [0.29, 0.717) is 5.75 Å². The number of nitrogens with one attached hydrogen (secondary N) is 1. The van der Waals surface area contributed by atoms with Crippen LogP contribution in [0, 0.1) is 13.8 Å². The first-order valence-electron chi connectivity index (χ1n) is 8.50. The molecule has 0 fully saturated rings. The number of hydrogen-bond acceptors (Lipinski definition) is 3. The van der Waals surface area contributed by atoms with Gasteiger partial charge in [0.15, 0.2) is 0 Å². The fourth-order valence-electron chi connectivity index (χ4n) is 2.79. The van der Waals surface area contributed by atoms with Gasteiger partial charge in [0.2, 0.25) is 5.91 Å². The molecule has 0 radical (unpaired) electrons. The van der Waals surface area contributed by atoms with Gasteiger partial charge in [-0.05, 0) is 60.1 Å². The minimum Gasteiger partial charge on any atom is -0.317 e. The van der Waals surface area contributed by atoms with Crippen molar-refractivity contribution in [2.24, 2.45) is 5.10 Å². The van der Waals surface area contributed by atoms with Crippen LogP contribution in [-0.2, 0) is 4.79 Å². The topological polar surface area (TPSA) is 46.4 Å². The predicted octanol–water partition coefficient (Wildman–Crippen LogP) is 5.10. The smallest absolute Gasteiger partial charge is 0.250 e. The summed E-state index contributed by atoms with van der Waals surface area (Å²) in [4.78, 5) is 13.0. The maximum absolute atomic E-state index is 12.0. The molecule has 1 amide bonds. The van der Waals surface area contributed by atoms with Gasteiger partial charge in [0.1, 0.15) is 0 Å². The molecular weight excluding hydrogens is 422 g/mol. The molecule has 6 heteroatoms. The summed E-state index contributed by atoms with van der Waals surface area (Å²) in [6.45, 7) is 4.10. The summed E-state index contributed by atoms with van der Waals surface area (Å²) in [5, 5.41) is 4.12. The first-order chi connectivity index (χ1) is 13.1. The van der Waals surface area contributed by atoms with E-state index >= 15 is 0 Å². The second kappa shape index (κ2) is 9.06. The molecule has 27 heavy (non-hydrogen) atoms. The number of hydrazone groups is 1. The van der Waals surface area contributed by atoms with Gasteiger partial charge in [-0.2, -0.15) is 5.10 Å². The van der Waals surface area contributed by atoms with Crippen LogP contribution in [0.5, 0.6) is 0 Å². The van der Waals surface area contributed by atoms with Crippen molar-refractivity contribution in [1.82, 2.24) is 9.99 Å². The normalized spacial score (nSPS) is 11.1. The lowest BCUT2D eigenvalue weighted by molar-refractivity contribution is -0.118. The highest BCUT2D eigenvalue weighted by Crippen LogP contribution is 2.26. The van der Waals surface area contributed by atoms with E-state index in [1.54, 1.807) is 6.21 Å². The number of amides is 1. The zero-order chi connectivity index (χ0) is 19.2. The average Bonchev–Trinajstić information content (AvgIpc) is 2.95. The average molecular weight is 442 g/mol. The van der Waals surface area contributed by atoms with Crippen LogP contribution in [0.15, 0.2) is 75.1 Å². The Morgan fingerprint density at radius 3 is 2.59 bits per heavy atom. The molecule has 0 saturated heterocycles. The predicted molar refractivity (Wildman–Crippen MR) is 116 cm³/mol. The molecule has 0 unspecified atom stereocenters. The number of rotatable bonds is 6. The molecule has 0 atom stereocenters. The Kier molecular flexibility index (Phi) is 6.53. The van der Waals surface area contributed by atoms with Gasteiger partial charge in [-0.15, -0.1) is 11.8 Å². The third-order valence-corrected chi connectivity index (χ3v) is 5.75. The fraction of sp³-hybridized carbons (Fsp3) is 0.143. The summed E-state index contributed by atoms with van der Waals surface area (Å²) in [7, 11) is 0. The van der Waals surface area contributed by atoms with Gasteiger partial charge < -0.3 is 4.57 Å². The monoisotopic (exact) mass is 441 g/mol. The van der Waals surface area contributed by atoms with Crippen molar-refractivity contribution >= 4 is 39.8 Å². The Labute approximate surface area is 171 Å². The van der Waals surface area contributed by atoms with Crippen molar-refractivity contribution in [3.63, 3.8) is 0 Å². The minimum atomic E-state index is -0.125. The van der Waals surface area contributed by atoms with Crippen LogP contribution in [0.1, 0.15) is 17.0 Å². The zero-order valence-corrected chi connectivity index (χ0v) is 17.5. The zero-order valence-electron chi connectivity index (χ0n) is 15.1. The van der Waals surface area contributed by atoms with Crippen LogP contribution in [0.4, 0.5) is 0 Å². The molecule has 0 aliphatic rings. The summed E-state index contributed by atoms with van der Waals surface area (Å²) in [6, 6.07) is 20.0. The van der Waals surface area contributed by atoms with Crippen molar-refractivity contribution < 1.29 is 4.79 Å². The van der Waals surface area contributed by atoms with E-state index < -0.39 is 0 Å². The van der Waals surface area contributed by atoms with Crippen molar-refractivity contribution in [3.8, 4) is 5.69 Å². The third-order valence-electron chi connectivity index (χ3n) is 4.07. The molecule has 1 aromatic heterocycles. The largest absolute Gasteiger partial charge is 0.317 e. The van der Waals surface area contributed by atoms with E-state index in [0.717, 1.165) is 32.0 Å². The molecule has 4 nitrogen and oxygen atoms in total. The van der Waals surface area contributed by atoms with Crippen molar-refractivity contribution in [1.29, 1.82) is 0 Å². The molecule has 0 saturated carbocycles. The first-order valence-corrected chi connectivity index (χ1v) is 10.3. The van der Waals surface area contributed by atoms with Gasteiger partial charge in [0, 0.05) is 26.3 Å². The van der Waals surface area contributed by atoms with Crippen LogP contribution in [-0.4, -0.2) is 22.4 Å². The van der Waals surface area contributed by atoms with Crippen molar-refractivity contribution in [2.45, 2.75) is 18.7 Å². The van der Waals surface area contributed by atoms with Crippen LogP contribution in [0.25, 0.3) is 5.69 Å². The lowest BCUT2D eigenvalue weighted by Gasteiger charge is -2.11. The van der Waals surface area contributed by atoms with Crippen LogP contribution in [0.3, 0.4) is 0 Å². The Balaban J connectivity index is 1.65. The number of thioether (sulfide) groups is 1. The molecule has 1 heterocycles. The number of aromatic nitrogens is 1. The number of hydrogen-bond donors (Lipinski definition) is 1. The molecule has 0 bridgehead atoms. The highest BCUT2D eigenvalue weighted by Gasteiger charge is 2.11. The maximum atomic E-state index is 12.0. The summed E-state index contributed by atoms with van der Waals surface area (Å²) >= 11 is 5.09. The van der Waals surface area contributed by atoms with Crippen LogP contribution in [0.2, 0.25) is 0 Å². The molecule has 1 N–H and O–H groups in total. The SMILES string of the molecule is Cc1cc(C=NNC(=O)CSc2ccccc2)c(C)n1-c1ccccc1Br. The lowest BCUT2D eigenvalue weighted by Crippen LogP contribution is -2.19. The molecule has 0 aliphatic carbocycles. The van der Waals surface area contributed by atoms with Crippen molar-refractivity contribution in [2.75, 3.05) is 5.75 Å².